The molecule has 2 amide bonds. The molecule has 0 aliphatic carbocycles. The maximum absolute atomic E-state index is 12.7. The van der Waals surface area contributed by atoms with Crippen LogP contribution in [-0.4, -0.2) is 50.3 Å². The van der Waals surface area contributed by atoms with Crippen LogP contribution in [0.3, 0.4) is 0 Å². The van der Waals surface area contributed by atoms with E-state index in [9.17, 15) is 9.59 Å². The van der Waals surface area contributed by atoms with E-state index >= 15 is 0 Å². The summed E-state index contributed by atoms with van der Waals surface area (Å²) in [5.41, 5.74) is 2.13. The number of likely N-dealkylation sites (tertiary alicyclic amines) is 1. The van der Waals surface area contributed by atoms with Crippen molar-refractivity contribution in [3.63, 3.8) is 0 Å². The number of halogens is 1. The molecular weight excluding hydrogens is 446 g/mol. The molecule has 2 heterocycles. The molecule has 1 saturated heterocycles. The second kappa shape index (κ2) is 10.7. The Bertz CT molecular complexity index is 1080. The monoisotopic (exact) mass is 469 g/mol. The minimum absolute atomic E-state index is 0.0562. The second-order valence-corrected chi connectivity index (χ2v) is 8.96. The van der Waals surface area contributed by atoms with E-state index in [1.165, 1.54) is 24.6 Å². The Kier molecular flexibility index (Phi) is 7.44. The molecule has 1 aliphatic heterocycles. The summed E-state index contributed by atoms with van der Waals surface area (Å²) in [5, 5.41) is 12.1. The zero-order valence-corrected chi connectivity index (χ0v) is 19.1. The summed E-state index contributed by atoms with van der Waals surface area (Å²) in [4.78, 5) is 27.1. The fraction of sp³-hybridized carbons (Fsp3) is 0.304. The van der Waals surface area contributed by atoms with Gasteiger partial charge in [-0.3, -0.25) is 14.2 Å². The van der Waals surface area contributed by atoms with Crippen molar-refractivity contribution in [1.29, 1.82) is 0 Å². The first-order valence-corrected chi connectivity index (χ1v) is 11.9. The van der Waals surface area contributed by atoms with Crippen LogP contribution in [0.2, 0.25) is 5.02 Å². The number of aromatic nitrogens is 3. The molecule has 3 aromatic rings. The van der Waals surface area contributed by atoms with Gasteiger partial charge < -0.3 is 10.2 Å². The number of amides is 2. The van der Waals surface area contributed by atoms with Crippen molar-refractivity contribution >= 4 is 40.9 Å². The summed E-state index contributed by atoms with van der Waals surface area (Å²) in [5.74, 6) is 0.0659. The molecule has 4 rings (SSSR count). The number of carbonyl (C=O) groups is 2. The van der Waals surface area contributed by atoms with Crippen LogP contribution in [0, 0.1) is 0 Å². The van der Waals surface area contributed by atoms with Gasteiger partial charge in [0.2, 0.25) is 5.91 Å². The summed E-state index contributed by atoms with van der Waals surface area (Å²) in [7, 11) is 0. The average molecular weight is 470 g/mol. The predicted octanol–water partition coefficient (Wildman–Crippen LogP) is 4.67. The number of benzene rings is 2. The van der Waals surface area contributed by atoms with Gasteiger partial charge in [-0.1, -0.05) is 42.3 Å². The molecular formula is C23H24ClN5O2S. The van der Waals surface area contributed by atoms with Gasteiger partial charge in [0.15, 0.2) is 5.16 Å². The van der Waals surface area contributed by atoms with Crippen molar-refractivity contribution in [2.45, 2.75) is 30.8 Å². The first kappa shape index (κ1) is 22.4. The molecule has 0 atom stereocenters. The van der Waals surface area contributed by atoms with Crippen molar-refractivity contribution in [3.05, 3.63) is 65.4 Å². The van der Waals surface area contributed by atoms with E-state index in [0.29, 0.717) is 21.4 Å². The number of nitrogens with zero attached hydrogens (tertiary/aromatic N) is 4. The SMILES string of the molecule is O=C(CSc1nncn1-c1cccc(Cl)c1)Nc1ccc(C(=O)N2CCCCCC2)cc1. The van der Waals surface area contributed by atoms with E-state index in [1.54, 1.807) is 41.2 Å². The molecule has 0 unspecified atom stereocenters. The Morgan fingerprint density at radius 1 is 1.03 bits per heavy atom. The number of nitrogens with one attached hydrogen (secondary N) is 1. The number of hydrogen-bond donors (Lipinski definition) is 1. The fourth-order valence-corrected chi connectivity index (χ4v) is 4.52. The summed E-state index contributed by atoms with van der Waals surface area (Å²) >= 11 is 7.35. The van der Waals surface area contributed by atoms with Gasteiger partial charge in [-0.05, 0) is 55.3 Å². The van der Waals surface area contributed by atoms with Crippen molar-refractivity contribution in [3.8, 4) is 5.69 Å². The van der Waals surface area contributed by atoms with Gasteiger partial charge in [0, 0.05) is 29.4 Å². The molecule has 2 aromatic carbocycles. The molecule has 0 bridgehead atoms. The average Bonchev–Trinajstić information content (AvgIpc) is 3.10. The Hall–Kier alpha value is -2.84. The van der Waals surface area contributed by atoms with Gasteiger partial charge in [-0.25, -0.2) is 0 Å². The van der Waals surface area contributed by atoms with Crippen LogP contribution < -0.4 is 5.32 Å². The molecule has 9 heteroatoms. The highest BCUT2D eigenvalue weighted by atomic mass is 35.5. The topological polar surface area (TPSA) is 80.1 Å². The van der Waals surface area contributed by atoms with Gasteiger partial charge in [-0.15, -0.1) is 10.2 Å². The molecule has 166 valence electrons. The van der Waals surface area contributed by atoms with E-state index < -0.39 is 0 Å². The first-order chi connectivity index (χ1) is 15.6. The van der Waals surface area contributed by atoms with E-state index in [4.69, 9.17) is 11.6 Å². The normalized spacial score (nSPS) is 14.1. The quantitative estimate of drug-likeness (QED) is 0.531. The van der Waals surface area contributed by atoms with Crippen LogP contribution in [0.15, 0.2) is 60.0 Å². The Morgan fingerprint density at radius 2 is 1.78 bits per heavy atom. The fourth-order valence-electron chi connectivity index (χ4n) is 3.61. The third-order valence-corrected chi connectivity index (χ3v) is 6.42. The van der Waals surface area contributed by atoms with Crippen molar-refractivity contribution in [2.24, 2.45) is 0 Å². The molecule has 7 nitrogen and oxygen atoms in total. The minimum Gasteiger partial charge on any atom is -0.339 e. The number of hydrogen-bond acceptors (Lipinski definition) is 5. The number of thioether (sulfide) groups is 1. The van der Waals surface area contributed by atoms with E-state index in [2.05, 4.69) is 15.5 Å². The Labute approximate surface area is 196 Å². The maximum atomic E-state index is 12.7. The van der Waals surface area contributed by atoms with Gasteiger partial charge in [0.25, 0.3) is 5.91 Å². The number of rotatable bonds is 6. The van der Waals surface area contributed by atoms with Crippen LogP contribution in [0.1, 0.15) is 36.0 Å². The standard InChI is InChI=1S/C23H24ClN5O2S/c24-18-6-5-7-20(14-18)29-16-25-27-23(29)32-15-21(30)26-19-10-8-17(9-11-19)22(31)28-12-3-1-2-4-13-28/h5-11,14,16H,1-4,12-13,15H2,(H,26,30). The molecule has 0 saturated carbocycles. The Balaban J connectivity index is 1.32. The lowest BCUT2D eigenvalue weighted by Gasteiger charge is -2.20. The van der Waals surface area contributed by atoms with Gasteiger partial charge in [-0.2, -0.15) is 0 Å². The smallest absolute Gasteiger partial charge is 0.253 e. The lowest BCUT2D eigenvalue weighted by Crippen LogP contribution is -2.31. The van der Waals surface area contributed by atoms with Crippen molar-refractivity contribution in [2.75, 3.05) is 24.2 Å². The highest BCUT2D eigenvalue weighted by molar-refractivity contribution is 7.99. The molecule has 1 aliphatic rings. The second-order valence-electron chi connectivity index (χ2n) is 7.58. The first-order valence-electron chi connectivity index (χ1n) is 10.6. The lowest BCUT2D eigenvalue weighted by atomic mass is 10.1. The van der Waals surface area contributed by atoms with E-state index in [0.717, 1.165) is 31.6 Å². The molecule has 32 heavy (non-hydrogen) atoms. The largest absolute Gasteiger partial charge is 0.339 e. The van der Waals surface area contributed by atoms with Crippen LogP contribution >= 0.6 is 23.4 Å². The van der Waals surface area contributed by atoms with Crippen molar-refractivity contribution < 1.29 is 9.59 Å². The predicted molar refractivity (Wildman–Crippen MR) is 127 cm³/mol. The third kappa shape index (κ3) is 5.69. The molecule has 1 N–H and O–H groups in total. The van der Waals surface area contributed by atoms with E-state index in [1.807, 2.05) is 23.1 Å². The van der Waals surface area contributed by atoms with Gasteiger partial charge in [0.05, 0.1) is 11.4 Å². The van der Waals surface area contributed by atoms with Gasteiger partial charge >= 0.3 is 0 Å². The third-order valence-electron chi connectivity index (χ3n) is 5.24. The number of anilines is 1. The van der Waals surface area contributed by atoms with Crippen LogP contribution in [0.5, 0.6) is 0 Å². The molecule has 1 fully saturated rings. The zero-order valence-electron chi connectivity index (χ0n) is 17.5. The molecule has 0 radical (unpaired) electrons. The maximum Gasteiger partial charge on any atom is 0.253 e. The summed E-state index contributed by atoms with van der Waals surface area (Å²) in [6.45, 7) is 1.63. The highest BCUT2D eigenvalue weighted by Crippen LogP contribution is 2.22. The summed E-state index contributed by atoms with van der Waals surface area (Å²) < 4.78 is 1.78. The van der Waals surface area contributed by atoms with Crippen LogP contribution in [0.25, 0.3) is 5.69 Å². The van der Waals surface area contributed by atoms with Crippen LogP contribution in [-0.2, 0) is 4.79 Å². The zero-order chi connectivity index (χ0) is 22.3. The summed E-state index contributed by atoms with van der Waals surface area (Å²) in [6, 6.07) is 14.4. The van der Waals surface area contributed by atoms with E-state index in [-0.39, 0.29) is 17.6 Å². The highest BCUT2D eigenvalue weighted by Gasteiger charge is 2.17. The van der Waals surface area contributed by atoms with Crippen LogP contribution in [0.4, 0.5) is 5.69 Å². The minimum atomic E-state index is -0.165. The van der Waals surface area contributed by atoms with Crippen molar-refractivity contribution in [1.82, 2.24) is 19.7 Å². The number of carbonyl (C=O) groups excluding carboxylic acids is 2. The molecule has 0 spiro atoms. The van der Waals surface area contributed by atoms with Gasteiger partial charge in [0.1, 0.15) is 6.33 Å². The molecule has 1 aromatic heterocycles. The Morgan fingerprint density at radius 3 is 2.50 bits per heavy atom. The summed E-state index contributed by atoms with van der Waals surface area (Å²) in [6.07, 6.45) is 6.07. The lowest BCUT2D eigenvalue weighted by molar-refractivity contribution is -0.113.